The van der Waals surface area contributed by atoms with Gasteiger partial charge in [0.2, 0.25) is 5.91 Å². The van der Waals surface area contributed by atoms with Crippen molar-refractivity contribution < 1.29 is 9.53 Å². The molecular formula is C10H18N4O2S. The highest BCUT2D eigenvalue weighted by Gasteiger charge is 2.13. The molecule has 0 radical (unpaired) electrons. The van der Waals surface area contributed by atoms with E-state index in [1.54, 1.807) is 0 Å². The number of carbonyl (C=O) groups excluding carboxylic acids is 1. The van der Waals surface area contributed by atoms with Gasteiger partial charge >= 0.3 is 0 Å². The summed E-state index contributed by atoms with van der Waals surface area (Å²) in [6.45, 7) is 4.49. The molecule has 1 amide bonds. The van der Waals surface area contributed by atoms with Crippen molar-refractivity contribution in [1.82, 2.24) is 4.37 Å². The average molecular weight is 258 g/mol. The van der Waals surface area contributed by atoms with Crippen LogP contribution < -0.4 is 21.5 Å². The lowest BCUT2D eigenvalue weighted by atomic mass is 10.3. The Morgan fingerprint density at radius 2 is 2.29 bits per heavy atom. The first-order chi connectivity index (χ1) is 8.00. The van der Waals surface area contributed by atoms with Crippen molar-refractivity contribution in [2.24, 2.45) is 5.73 Å². The van der Waals surface area contributed by atoms with Gasteiger partial charge in [-0.25, -0.2) is 0 Å². The van der Waals surface area contributed by atoms with Crippen LogP contribution in [-0.2, 0) is 4.79 Å². The maximum Gasteiger partial charge on any atom is 0.217 e. The Bertz CT molecular complexity index is 378. The van der Waals surface area contributed by atoms with Crippen LogP contribution in [0, 0.1) is 0 Å². The number of nitrogens with one attached hydrogen (secondary N) is 1. The zero-order valence-electron chi connectivity index (χ0n) is 10.0. The molecule has 0 saturated heterocycles. The number of hydrogen-bond donors (Lipinski definition) is 3. The summed E-state index contributed by atoms with van der Waals surface area (Å²) in [5.74, 6) is 0.680. The molecule has 17 heavy (non-hydrogen) atoms. The number of anilines is 2. The van der Waals surface area contributed by atoms with Crippen LogP contribution in [0.25, 0.3) is 0 Å². The molecule has 0 aliphatic heterocycles. The van der Waals surface area contributed by atoms with Gasteiger partial charge in [-0.15, -0.1) is 0 Å². The van der Waals surface area contributed by atoms with Gasteiger partial charge < -0.3 is 21.5 Å². The van der Waals surface area contributed by atoms with Crippen LogP contribution >= 0.6 is 11.5 Å². The molecule has 7 heteroatoms. The molecule has 1 rings (SSSR count). The van der Waals surface area contributed by atoms with Crippen LogP contribution in [-0.4, -0.2) is 22.9 Å². The third-order valence-electron chi connectivity index (χ3n) is 1.91. The molecule has 0 spiro atoms. The normalized spacial score (nSPS) is 10.5. The second-order valence-corrected chi connectivity index (χ2v) is 4.66. The van der Waals surface area contributed by atoms with E-state index in [2.05, 4.69) is 9.69 Å². The molecule has 0 bridgehead atoms. The second kappa shape index (κ2) is 6.29. The summed E-state index contributed by atoms with van der Waals surface area (Å²) in [6.07, 6.45) is 1.08. The number of amides is 1. The summed E-state index contributed by atoms with van der Waals surface area (Å²) in [4.78, 5) is 10.6. The minimum Gasteiger partial charge on any atom is -0.484 e. The molecule has 0 aliphatic carbocycles. The fourth-order valence-corrected chi connectivity index (χ4v) is 1.90. The number of nitrogens with two attached hydrogens (primary N) is 2. The van der Waals surface area contributed by atoms with Gasteiger partial charge in [-0.3, -0.25) is 4.79 Å². The van der Waals surface area contributed by atoms with E-state index < -0.39 is 0 Å². The minimum absolute atomic E-state index is 0.0415. The lowest BCUT2D eigenvalue weighted by Gasteiger charge is -2.11. The van der Waals surface area contributed by atoms with Gasteiger partial charge in [0.25, 0.3) is 0 Å². The van der Waals surface area contributed by atoms with E-state index in [-0.39, 0.29) is 12.0 Å². The van der Waals surface area contributed by atoms with Crippen molar-refractivity contribution in [1.29, 1.82) is 0 Å². The highest BCUT2D eigenvalue weighted by Crippen LogP contribution is 2.35. The number of nitrogens with zero attached hydrogens (tertiary/aromatic N) is 1. The maximum absolute atomic E-state index is 10.6. The van der Waals surface area contributed by atoms with Gasteiger partial charge in [0.1, 0.15) is 0 Å². The number of nitrogen functional groups attached to an aromatic ring is 1. The van der Waals surface area contributed by atoms with E-state index in [0.717, 1.165) is 5.00 Å². The molecule has 0 atom stereocenters. The number of rotatable bonds is 7. The summed E-state index contributed by atoms with van der Waals surface area (Å²) in [5.41, 5.74) is 10.8. The van der Waals surface area contributed by atoms with Crippen LogP contribution in [0.15, 0.2) is 0 Å². The van der Waals surface area contributed by atoms with Crippen LogP contribution in [0.5, 0.6) is 5.75 Å². The average Bonchev–Trinajstić information content (AvgIpc) is 2.55. The Kier molecular flexibility index (Phi) is 5.02. The number of carbonyl (C=O) groups is 1. The van der Waals surface area contributed by atoms with E-state index >= 15 is 0 Å². The maximum atomic E-state index is 10.6. The van der Waals surface area contributed by atoms with Gasteiger partial charge in [-0.05, 0) is 31.8 Å². The Hall–Kier alpha value is -1.50. The number of primary amides is 1. The largest absolute Gasteiger partial charge is 0.484 e. The van der Waals surface area contributed by atoms with E-state index in [4.69, 9.17) is 16.2 Å². The van der Waals surface area contributed by atoms with Gasteiger partial charge in [0.05, 0.1) is 6.10 Å². The number of aromatic nitrogens is 1. The molecule has 5 N–H and O–H groups in total. The molecular weight excluding hydrogens is 240 g/mol. The van der Waals surface area contributed by atoms with Gasteiger partial charge in [0, 0.05) is 13.0 Å². The molecule has 1 aromatic heterocycles. The van der Waals surface area contributed by atoms with E-state index in [9.17, 15) is 4.79 Å². The third kappa shape index (κ3) is 4.48. The van der Waals surface area contributed by atoms with Crippen molar-refractivity contribution in [3.63, 3.8) is 0 Å². The molecule has 0 fully saturated rings. The Balaban J connectivity index is 2.50. The smallest absolute Gasteiger partial charge is 0.217 e. The Labute approximate surface area is 104 Å². The first-order valence-electron chi connectivity index (χ1n) is 5.44. The fraction of sp³-hybridized carbons (Fsp3) is 0.600. The monoisotopic (exact) mass is 258 g/mol. The zero-order chi connectivity index (χ0) is 12.8. The van der Waals surface area contributed by atoms with Crippen molar-refractivity contribution >= 4 is 28.3 Å². The third-order valence-corrected chi connectivity index (χ3v) is 2.71. The van der Waals surface area contributed by atoms with Crippen LogP contribution in [0.3, 0.4) is 0 Å². The van der Waals surface area contributed by atoms with Gasteiger partial charge in [0.15, 0.2) is 16.6 Å². The summed E-state index contributed by atoms with van der Waals surface area (Å²) in [5, 5.41) is 3.93. The van der Waals surface area contributed by atoms with Crippen LogP contribution in [0.4, 0.5) is 10.8 Å². The van der Waals surface area contributed by atoms with E-state index in [1.165, 1.54) is 11.5 Å². The molecule has 1 heterocycles. The first-order valence-corrected chi connectivity index (χ1v) is 6.22. The molecule has 6 nitrogen and oxygen atoms in total. The SMILES string of the molecule is CC(C)Oc1c(N)nsc1NCCCC(N)=O. The highest BCUT2D eigenvalue weighted by molar-refractivity contribution is 7.11. The highest BCUT2D eigenvalue weighted by atomic mass is 32.1. The molecule has 0 unspecified atom stereocenters. The molecule has 0 aromatic carbocycles. The summed E-state index contributed by atoms with van der Waals surface area (Å²) >= 11 is 1.25. The first kappa shape index (κ1) is 13.6. The topological polar surface area (TPSA) is 103 Å². The number of ether oxygens (including phenoxy) is 1. The minimum atomic E-state index is -0.297. The van der Waals surface area contributed by atoms with Crippen molar-refractivity contribution in [2.45, 2.75) is 32.8 Å². The summed E-state index contributed by atoms with van der Waals surface area (Å²) < 4.78 is 9.59. The molecule has 0 saturated carbocycles. The Morgan fingerprint density at radius 1 is 1.59 bits per heavy atom. The second-order valence-electron chi connectivity index (χ2n) is 3.89. The standard InChI is InChI=1S/C10H18N4O2S/c1-6(2)16-8-9(12)14-17-10(8)13-5-3-4-7(11)15/h6,13H,3-5H2,1-2H3,(H2,11,15)(H2,12,14). The van der Waals surface area contributed by atoms with Gasteiger partial charge in [-0.1, -0.05) is 0 Å². The number of hydrogen-bond acceptors (Lipinski definition) is 6. The lowest BCUT2D eigenvalue weighted by Crippen LogP contribution is -2.13. The summed E-state index contributed by atoms with van der Waals surface area (Å²) in [7, 11) is 0. The van der Waals surface area contributed by atoms with Crippen molar-refractivity contribution in [3.05, 3.63) is 0 Å². The predicted molar refractivity (Wildman–Crippen MR) is 69.2 cm³/mol. The van der Waals surface area contributed by atoms with E-state index in [0.29, 0.717) is 31.0 Å². The molecule has 96 valence electrons. The fourth-order valence-electron chi connectivity index (χ4n) is 1.22. The Morgan fingerprint density at radius 3 is 2.88 bits per heavy atom. The van der Waals surface area contributed by atoms with Crippen molar-refractivity contribution in [3.8, 4) is 5.75 Å². The van der Waals surface area contributed by atoms with Gasteiger partial charge in [-0.2, -0.15) is 4.37 Å². The molecule has 0 aliphatic rings. The van der Waals surface area contributed by atoms with Crippen molar-refractivity contribution in [2.75, 3.05) is 17.6 Å². The quantitative estimate of drug-likeness (QED) is 0.637. The lowest BCUT2D eigenvalue weighted by molar-refractivity contribution is -0.118. The van der Waals surface area contributed by atoms with Crippen LogP contribution in [0.2, 0.25) is 0 Å². The van der Waals surface area contributed by atoms with Crippen LogP contribution in [0.1, 0.15) is 26.7 Å². The zero-order valence-corrected chi connectivity index (χ0v) is 10.8. The summed E-state index contributed by atoms with van der Waals surface area (Å²) in [6, 6.07) is 0. The van der Waals surface area contributed by atoms with E-state index in [1.807, 2.05) is 13.8 Å². The molecule has 1 aromatic rings. The predicted octanol–water partition coefficient (Wildman–Crippen LogP) is 1.19.